The maximum absolute atomic E-state index is 12.4. The average Bonchev–Trinajstić information content (AvgIpc) is 2.95. The monoisotopic (exact) mass is 331 g/mol. The summed E-state index contributed by atoms with van der Waals surface area (Å²) in [4.78, 5) is 10.8. The molecule has 2 rings (SSSR count). The third-order valence-electron chi connectivity index (χ3n) is 2.76. The molecule has 2 aromatic rings. The fraction of sp³-hybridized carbons (Fsp3) is 0.250. The molecular weight excluding hydrogens is 320 g/mol. The lowest BCUT2D eigenvalue weighted by Gasteiger charge is -2.05. The summed E-state index contributed by atoms with van der Waals surface area (Å²) in [6.45, 7) is 0.193. The van der Waals surface area contributed by atoms with E-state index in [4.69, 9.17) is 0 Å². The highest BCUT2D eigenvalue weighted by atomic mass is 32.2. The molecule has 0 aliphatic rings. The molecule has 0 saturated heterocycles. The molecule has 22 heavy (non-hydrogen) atoms. The SMILES string of the molecule is COC(=O)c1cn(Cc2ccc(S(=O)(=O)C(F)F)cc2)nn1. The molecule has 0 aliphatic heterocycles. The molecule has 118 valence electrons. The van der Waals surface area contributed by atoms with Gasteiger partial charge in [0.2, 0.25) is 9.84 Å². The third-order valence-corrected chi connectivity index (χ3v) is 4.16. The summed E-state index contributed by atoms with van der Waals surface area (Å²) in [6.07, 6.45) is 1.36. The van der Waals surface area contributed by atoms with Gasteiger partial charge in [-0.1, -0.05) is 17.3 Å². The summed E-state index contributed by atoms with van der Waals surface area (Å²) in [6, 6.07) is 4.95. The van der Waals surface area contributed by atoms with Crippen LogP contribution in [0, 0.1) is 0 Å². The van der Waals surface area contributed by atoms with Crippen LogP contribution in [0.15, 0.2) is 35.4 Å². The molecule has 1 aromatic carbocycles. The summed E-state index contributed by atoms with van der Waals surface area (Å²) in [5.41, 5.74) is 0.633. The van der Waals surface area contributed by atoms with Crippen LogP contribution < -0.4 is 0 Å². The van der Waals surface area contributed by atoms with Gasteiger partial charge in [0.15, 0.2) is 5.69 Å². The van der Waals surface area contributed by atoms with Gasteiger partial charge in [-0.2, -0.15) is 8.78 Å². The number of rotatable bonds is 5. The van der Waals surface area contributed by atoms with E-state index in [1.807, 2.05) is 0 Å². The van der Waals surface area contributed by atoms with Crippen LogP contribution in [-0.4, -0.2) is 42.2 Å². The number of carbonyl (C=O) groups excluding carboxylic acids is 1. The lowest BCUT2D eigenvalue weighted by molar-refractivity contribution is 0.0594. The normalized spacial score (nSPS) is 11.6. The number of hydrogen-bond donors (Lipinski definition) is 0. The van der Waals surface area contributed by atoms with Crippen molar-refractivity contribution in [1.82, 2.24) is 15.0 Å². The first-order chi connectivity index (χ1) is 10.3. The van der Waals surface area contributed by atoms with Crippen molar-refractivity contribution in [2.24, 2.45) is 0 Å². The van der Waals surface area contributed by atoms with Crippen LogP contribution in [0.3, 0.4) is 0 Å². The quantitative estimate of drug-likeness (QED) is 0.762. The van der Waals surface area contributed by atoms with E-state index in [0.717, 1.165) is 12.1 Å². The standard InChI is InChI=1S/C12H11F2N3O4S/c1-21-11(18)10-7-17(16-15-10)6-8-2-4-9(5-3-8)22(19,20)12(13)14/h2-5,7,12H,6H2,1H3. The highest BCUT2D eigenvalue weighted by Crippen LogP contribution is 2.18. The number of ether oxygens (including phenoxy) is 1. The van der Waals surface area contributed by atoms with E-state index in [-0.39, 0.29) is 12.2 Å². The maximum Gasteiger partial charge on any atom is 0.360 e. The van der Waals surface area contributed by atoms with Gasteiger partial charge in [-0.05, 0) is 17.7 Å². The summed E-state index contributed by atoms with van der Waals surface area (Å²) < 4.78 is 53.2. The van der Waals surface area contributed by atoms with E-state index < -0.39 is 26.5 Å². The minimum atomic E-state index is -4.61. The van der Waals surface area contributed by atoms with Crippen molar-refractivity contribution in [1.29, 1.82) is 0 Å². The highest BCUT2D eigenvalue weighted by Gasteiger charge is 2.26. The molecule has 1 aromatic heterocycles. The molecule has 0 unspecified atom stereocenters. The van der Waals surface area contributed by atoms with Gasteiger partial charge in [-0.15, -0.1) is 5.10 Å². The number of hydrogen-bond acceptors (Lipinski definition) is 6. The first-order valence-electron chi connectivity index (χ1n) is 5.94. The van der Waals surface area contributed by atoms with E-state index in [9.17, 15) is 22.0 Å². The molecule has 7 nitrogen and oxygen atoms in total. The number of alkyl halides is 2. The Morgan fingerprint density at radius 2 is 1.95 bits per heavy atom. The molecule has 0 aliphatic carbocycles. The van der Waals surface area contributed by atoms with Crippen LogP contribution in [0.25, 0.3) is 0 Å². The number of sulfone groups is 1. The lowest BCUT2D eigenvalue weighted by Crippen LogP contribution is -2.11. The number of aromatic nitrogens is 3. The molecule has 10 heteroatoms. The Morgan fingerprint density at radius 3 is 2.50 bits per heavy atom. The Morgan fingerprint density at radius 1 is 1.32 bits per heavy atom. The van der Waals surface area contributed by atoms with Crippen molar-refractivity contribution < 1.29 is 26.7 Å². The van der Waals surface area contributed by atoms with Gasteiger partial charge in [-0.25, -0.2) is 17.9 Å². The number of benzene rings is 1. The highest BCUT2D eigenvalue weighted by molar-refractivity contribution is 7.91. The van der Waals surface area contributed by atoms with Crippen molar-refractivity contribution in [2.45, 2.75) is 17.2 Å². The second kappa shape index (κ2) is 6.18. The zero-order valence-electron chi connectivity index (χ0n) is 11.3. The molecule has 0 bridgehead atoms. The topological polar surface area (TPSA) is 91.2 Å². The van der Waals surface area contributed by atoms with Crippen LogP contribution in [0.1, 0.15) is 16.1 Å². The average molecular weight is 331 g/mol. The van der Waals surface area contributed by atoms with Gasteiger partial charge < -0.3 is 4.74 Å². The van der Waals surface area contributed by atoms with Crippen LogP contribution in [0.2, 0.25) is 0 Å². The Bertz CT molecular complexity index is 772. The first kappa shape index (κ1) is 16.0. The van der Waals surface area contributed by atoms with Gasteiger partial charge >= 0.3 is 11.7 Å². The summed E-state index contributed by atoms with van der Waals surface area (Å²) in [7, 11) is -3.39. The smallest absolute Gasteiger partial charge is 0.360 e. The van der Waals surface area contributed by atoms with Crippen LogP contribution in [0.4, 0.5) is 8.78 Å². The molecule has 0 fully saturated rings. The van der Waals surface area contributed by atoms with Crippen molar-refractivity contribution in [3.8, 4) is 0 Å². The number of carbonyl (C=O) groups is 1. The predicted molar refractivity (Wildman–Crippen MR) is 70.1 cm³/mol. The van der Waals surface area contributed by atoms with Gasteiger partial charge in [0, 0.05) is 0 Å². The Kier molecular flexibility index (Phi) is 4.50. The number of esters is 1. The van der Waals surface area contributed by atoms with E-state index in [1.165, 1.54) is 30.1 Å². The molecule has 0 spiro atoms. The number of nitrogens with zero attached hydrogens (tertiary/aromatic N) is 3. The zero-order valence-corrected chi connectivity index (χ0v) is 12.1. The van der Waals surface area contributed by atoms with E-state index >= 15 is 0 Å². The minimum Gasteiger partial charge on any atom is -0.464 e. The van der Waals surface area contributed by atoms with Gasteiger partial charge in [-0.3, -0.25) is 0 Å². The van der Waals surface area contributed by atoms with Gasteiger partial charge in [0.25, 0.3) is 0 Å². The molecular formula is C12H11F2N3O4S. The summed E-state index contributed by atoms with van der Waals surface area (Å²) >= 11 is 0. The van der Waals surface area contributed by atoms with Crippen LogP contribution in [-0.2, 0) is 21.1 Å². The van der Waals surface area contributed by atoms with Crippen molar-refractivity contribution in [2.75, 3.05) is 7.11 Å². The van der Waals surface area contributed by atoms with Crippen LogP contribution in [0.5, 0.6) is 0 Å². The second-order valence-corrected chi connectivity index (χ2v) is 6.16. The molecule has 1 heterocycles. The molecule has 0 N–H and O–H groups in total. The second-order valence-electron chi connectivity index (χ2n) is 4.24. The summed E-state index contributed by atoms with van der Waals surface area (Å²) in [5, 5.41) is 7.31. The van der Waals surface area contributed by atoms with Crippen molar-refractivity contribution in [3.63, 3.8) is 0 Å². The van der Waals surface area contributed by atoms with Gasteiger partial charge in [0.1, 0.15) is 0 Å². The molecule has 0 saturated carbocycles. The molecule has 0 radical (unpaired) electrons. The van der Waals surface area contributed by atoms with Crippen molar-refractivity contribution >= 4 is 15.8 Å². The van der Waals surface area contributed by atoms with Crippen LogP contribution >= 0.6 is 0 Å². The molecule has 0 atom stereocenters. The van der Waals surface area contributed by atoms with E-state index in [2.05, 4.69) is 15.0 Å². The zero-order chi connectivity index (χ0) is 16.3. The predicted octanol–water partition coefficient (Wildman–Crippen LogP) is 1.11. The van der Waals surface area contributed by atoms with Crippen molar-refractivity contribution in [3.05, 3.63) is 41.7 Å². The third kappa shape index (κ3) is 3.27. The molecule has 0 amide bonds. The first-order valence-corrected chi connectivity index (χ1v) is 7.48. The largest absolute Gasteiger partial charge is 0.464 e. The Labute approximate surface area is 124 Å². The maximum atomic E-state index is 12.4. The fourth-order valence-corrected chi connectivity index (χ4v) is 2.37. The van der Waals surface area contributed by atoms with E-state index in [1.54, 1.807) is 0 Å². The minimum absolute atomic E-state index is 0.0272. The Balaban J connectivity index is 2.15. The van der Waals surface area contributed by atoms with Gasteiger partial charge in [0.05, 0.1) is 24.7 Å². The lowest BCUT2D eigenvalue weighted by atomic mass is 10.2. The number of halogens is 2. The number of methoxy groups -OCH3 is 1. The van der Waals surface area contributed by atoms with E-state index in [0.29, 0.717) is 5.56 Å². The fourth-order valence-electron chi connectivity index (χ4n) is 1.65. The summed E-state index contributed by atoms with van der Waals surface area (Å²) in [5.74, 6) is -4.10. The Hall–Kier alpha value is -2.36.